The second kappa shape index (κ2) is 5.20. The lowest BCUT2D eigenvalue weighted by Crippen LogP contribution is -2.44. The molecule has 2 aliphatic heterocycles. The summed E-state index contributed by atoms with van der Waals surface area (Å²) in [7, 11) is 0. The first-order valence-electron chi connectivity index (χ1n) is 6.95. The third-order valence-electron chi connectivity index (χ3n) is 3.70. The Morgan fingerprint density at radius 3 is 2.90 bits per heavy atom. The van der Waals surface area contributed by atoms with E-state index in [0.717, 1.165) is 6.42 Å². The summed E-state index contributed by atoms with van der Waals surface area (Å²) < 4.78 is 13.4. The van der Waals surface area contributed by atoms with Gasteiger partial charge in [-0.3, -0.25) is 4.79 Å². The molecule has 5 nitrogen and oxygen atoms in total. The molecule has 0 fully saturated rings. The monoisotopic (exact) mass is 289 g/mol. The van der Waals surface area contributed by atoms with Crippen LogP contribution >= 0.6 is 0 Å². The summed E-state index contributed by atoms with van der Waals surface area (Å²) >= 11 is 0. The Labute approximate surface area is 121 Å². The van der Waals surface area contributed by atoms with E-state index in [4.69, 9.17) is 0 Å². The predicted octanol–water partition coefficient (Wildman–Crippen LogP) is 1.69. The Morgan fingerprint density at radius 2 is 2.19 bits per heavy atom. The molecule has 0 unspecified atom stereocenters. The normalized spacial score (nSPS) is 21.2. The van der Waals surface area contributed by atoms with Crippen LogP contribution in [0.4, 0.5) is 9.18 Å². The number of carbonyl (C=O) groups excluding carboxylic acids is 2. The van der Waals surface area contributed by atoms with Gasteiger partial charge < -0.3 is 15.5 Å². The number of halogens is 1. The standard InChI is InChI=1S/C15H16FN3O2/c1-2-6-19-8-11-12(14(19)20)13(18-15(21)17-11)9-4-3-5-10(16)7-9/h3-5,7,13H,2,6,8H2,1H3,(H2,17,18,21)/t13-/m1/s1. The van der Waals surface area contributed by atoms with Gasteiger partial charge in [0, 0.05) is 6.54 Å². The first kappa shape index (κ1) is 13.6. The largest absolute Gasteiger partial charge is 0.333 e. The van der Waals surface area contributed by atoms with E-state index in [1.807, 2.05) is 6.92 Å². The molecule has 2 aliphatic rings. The molecule has 21 heavy (non-hydrogen) atoms. The van der Waals surface area contributed by atoms with Gasteiger partial charge in [0.1, 0.15) is 5.82 Å². The van der Waals surface area contributed by atoms with Gasteiger partial charge in [-0.15, -0.1) is 0 Å². The summed E-state index contributed by atoms with van der Waals surface area (Å²) in [6, 6.07) is 4.99. The van der Waals surface area contributed by atoms with Gasteiger partial charge in [-0.1, -0.05) is 19.1 Å². The van der Waals surface area contributed by atoms with E-state index in [9.17, 15) is 14.0 Å². The highest BCUT2D eigenvalue weighted by Gasteiger charge is 2.39. The van der Waals surface area contributed by atoms with Crippen molar-refractivity contribution in [2.24, 2.45) is 0 Å². The Balaban J connectivity index is 1.99. The quantitative estimate of drug-likeness (QED) is 0.889. The minimum Gasteiger partial charge on any atom is -0.333 e. The van der Waals surface area contributed by atoms with E-state index in [1.54, 1.807) is 17.0 Å². The van der Waals surface area contributed by atoms with Crippen LogP contribution in [0.3, 0.4) is 0 Å². The molecule has 1 aromatic carbocycles. The third-order valence-corrected chi connectivity index (χ3v) is 3.70. The van der Waals surface area contributed by atoms with E-state index < -0.39 is 11.9 Å². The van der Waals surface area contributed by atoms with Crippen LogP contribution in [-0.4, -0.2) is 29.9 Å². The minimum absolute atomic E-state index is 0.103. The zero-order valence-corrected chi connectivity index (χ0v) is 11.6. The first-order valence-corrected chi connectivity index (χ1v) is 6.95. The number of benzene rings is 1. The predicted molar refractivity (Wildman–Crippen MR) is 74.7 cm³/mol. The molecule has 2 N–H and O–H groups in total. The number of hydrogen-bond donors (Lipinski definition) is 2. The highest BCUT2D eigenvalue weighted by Crippen LogP contribution is 2.32. The summed E-state index contributed by atoms with van der Waals surface area (Å²) in [4.78, 5) is 26.0. The molecular weight excluding hydrogens is 273 g/mol. The van der Waals surface area contributed by atoms with E-state index in [1.165, 1.54) is 12.1 Å². The lowest BCUT2D eigenvalue weighted by molar-refractivity contribution is -0.125. The van der Waals surface area contributed by atoms with Crippen molar-refractivity contribution in [1.29, 1.82) is 0 Å². The summed E-state index contributed by atoms with van der Waals surface area (Å²) in [5.74, 6) is -0.494. The van der Waals surface area contributed by atoms with E-state index in [0.29, 0.717) is 29.9 Å². The highest BCUT2D eigenvalue weighted by molar-refractivity contribution is 6.01. The molecular formula is C15H16FN3O2. The number of carbonyl (C=O) groups is 2. The van der Waals surface area contributed by atoms with Gasteiger partial charge in [0.05, 0.1) is 23.9 Å². The SMILES string of the molecule is CCCN1CC2=C(C1=O)[C@@H](c1cccc(F)c1)NC(=O)N2. The van der Waals surface area contributed by atoms with Crippen LogP contribution in [0.25, 0.3) is 0 Å². The third kappa shape index (κ3) is 2.37. The lowest BCUT2D eigenvalue weighted by Gasteiger charge is -2.25. The van der Waals surface area contributed by atoms with Gasteiger partial charge in [0.15, 0.2) is 0 Å². The number of rotatable bonds is 3. The Morgan fingerprint density at radius 1 is 1.38 bits per heavy atom. The summed E-state index contributed by atoms with van der Waals surface area (Å²) in [6.07, 6.45) is 0.846. The molecule has 0 bridgehead atoms. The van der Waals surface area contributed by atoms with Crippen molar-refractivity contribution in [3.63, 3.8) is 0 Å². The molecule has 0 saturated heterocycles. The Hall–Kier alpha value is -2.37. The van der Waals surface area contributed by atoms with E-state index >= 15 is 0 Å². The number of urea groups is 1. The number of amides is 3. The van der Waals surface area contributed by atoms with Crippen LogP contribution < -0.4 is 10.6 Å². The highest BCUT2D eigenvalue weighted by atomic mass is 19.1. The maximum Gasteiger partial charge on any atom is 0.319 e. The molecule has 110 valence electrons. The second-order valence-corrected chi connectivity index (χ2v) is 5.21. The fourth-order valence-electron chi connectivity index (χ4n) is 2.81. The topological polar surface area (TPSA) is 61.4 Å². The fourth-order valence-corrected chi connectivity index (χ4v) is 2.81. The summed E-state index contributed by atoms with van der Waals surface area (Å²) in [5, 5.41) is 5.39. The van der Waals surface area contributed by atoms with Crippen LogP contribution in [0, 0.1) is 5.82 Å². The van der Waals surface area contributed by atoms with Crippen molar-refractivity contribution in [2.75, 3.05) is 13.1 Å². The van der Waals surface area contributed by atoms with Crippen molar-refractivity contribution in [3.8, 4) is 0 Å². The summed E-state index contributed by atoms with van der Waals surface area (Å²) in [6.45, 7) is 3.03. The first-order chi connectivity index (χ1) is 10.1. The van der Waals surface area contributed by atoms with Crippen molar-refractivity contribution in [2.45, 2.75) is 19.4 Å². The molecule has 0 spiro atoms. The van der Waals surface area contributed by atoms with E-state index in [-0.39, 0.29) is 11.9 Å². The van der Waals surface area contributed by atoms with Crippen molar-refractivity contribution >= 4 is 11.9 Å². The smallest absolute Gasteiger partial charge is 0.319 e. The van der Waals surface area contributed by atoms with Crippen molar-refractivity contribution in [1.82, 2.24) is 15.5 Å². The molecule has 3 amide bonds. The molecule has 0 radical (unpaired) electrons. The van der Waals surface area contributed by atoms with Crippen molar-refractivity contribution < 1.29 is 14.0 Å². The number of hydrogen-bond acceptors (Lipinski definition) is 2. The minimum atomic E-state index is -0.598. The maximum atomic E-state index is 13.4. The Bertz CT molecular complexity index is 642. The average Bonchev–Trinajstić information content (AvgIpc) is 2.75. The second-order valence-electron chi connectivity index (χ2n) is 5.21. The maximum absolute atomic E-state index is 13.4. The molecule has 0 saturated carbocycles. The van der Waals surface area contributed by atoms with Gasteiger partial charge in [-0.25, -0.2) is 9.18 Å². The van der Waals surface area contributed by atoms with Gasteiger partial charge in [0.2, 0.25) is 0 Å². The Kier molecular flexibility index (Phi) is 3.37. The number of nitrogens with one attached hydrogen (secondary N) is 2. The molecule has 6 heteroatoms. The number of nitrogens with zero attached hydrogens (tertiary/aromatic N) is 1. The van der Waals surface area contributed by atoms with Crippen LogP contribution in [0.1, 0.15) is 24.9 Å². The molecule has 3 rings (SSSR count). The molecule has 1 aromatic rings. The van der Waals surface area contributed by atoms with E-state index in [2.05, 4.69) is 10.6 Å². The lowest BCUT2D eigenvalue weighted by atomic mass is 9.96. The van der Waals surface area contributed by atoms with Crippen LogP contribution in [0.2, 0.25) is 0 Å². The van der Waals surface area contributed by atoms with Crippen LogP contribution in [0.5, 0.6) is 0 Å². The van der Waals surface area contributed by atoms with Gasteiger partial charge in [-0.2, -0.15) is 0 Å². The molecule has 1 atom stereocenters. The fraction of sp³-hybridized carbons (Fsp3) is 0.333. The van der Waals surface area contributed by atoms with Crippen LogP contribution in [-0.2, 0) is 4.79 Å². The van der Waals surface area contributed by atoms with Gasteiger partial charge in [0.25, 0.3) is 5.91 Å². The zero-order chi connectivity index (χ0) is 15.0. The van der Waals surface area contributed by atoms with Crippen LogP contribution in [0.15, 0.2) is 35.5 Å². The zero-order valence-electron chi connectivity index (χ0n) is 11.6. The summed E-state index contributed by atoms with van der Waals surface area (Å²) in [5.41, 5.74) is 1.70. The molecule has 0 aliphatic carbocycles. The average molecular weight is 289 g/mol. The van der Waals surface area contributed by atoms with Gasteiger partial charge in [-0.05, 0) is 24.1 Å². The molecule has 0 aromatic heterocycles. The van der Waals surface area contributed by atoms with Crippen molar-refractivity contribution in [3.05, 3.63) is 46.9 Å². The van der Waals surface area contributed by atoms with Gasteiger partial charge >= 0.3 is 6.03 Å². The molecule has 2 heterocycles.